The fraction of sp³-hybridized carbons (Fsp3) is 0.526. The summed E-state index contributed by atoms with van der Waals surface area (Å²) < 4.78 is 0. The number of hydrogen-bond acceptors (Lipinski definition) is 3. The van der Waals surface area contributed by atoms with E-state index in [2.05, 4.69) is 33.8 Å². The van der Waals surface area contributed by atoms with Gasteiger partial charge in [0.05, 0.1) is 22.4 Å². The summed E-state index contributed by atoms with van der Waals surface area (Å²) in [5.74, 6) is -0.762. The number of rotatable bonds is 1. The molecule has 4 nitrogen and oxygen atoms in total. The molecule has 0 unspecified atom stereocenters. The van der Waals surface area contributed by atoms with Crippen LogP contribution in [0.5, 0.6) is 0 Å². The number of nitrogens with zero attached hydrogens (tertiary/aromatic N) is 2. The molecule has 2 atom stereocenters. The maximum atomic E-state index is 12.3. The number of aliphatic carboxylic acids is 1. The third kappa shape index (κ3) is 1.37. The van der Waals surface area contributed by atoms with Crippen LogP contribution in [0.25, 0.3) is 11.0 Å². The van der Waals surface area contributed by atoms with Gasteiger partial charge in [0.15, 0.2) is 0 Å². The number of carboxylic acid groups (broad SMARTS) is 1. The number of benzene rings is 1. The van der Waals surface area contributed by atoms with Crippen LogP contribution in [0.1, 0.15) is 56.1 Å². The van der Waals surface area contributed by atoms with Crippen molar-refractivity contribution in [3.8, 4) is 0 Å². The first-order valence-corrected chi connectivity index (χ1v) is 8.18. The molecule has 4 rings (SSSR count). The third-order valence-corrected chi connectivity index (χ3v) is 7.02. The van der Waals surface area contributed by atoms with E-state index in [0.29, 0.717) is 12.1 Å². The van der Waals surface area contributed by atoms with Crippen LogP contribution in [0.3, 0.4) is 0 Å². The smallest absolute Gasteiger partial charge is 0.316 e. The zero-order valence-corrected chi connectivity index (χ0v) is 14.3. The minimum atomic E-state index is -0.920. The molecule has 2 aliphatic carbocycles. The average molecular weight is 310 g/mol. The standard InChI is InChI=1S/C19H22N2O2/c1-10-8-12-13(9-11(10)2)21-15-14(20-12)18(5)6-7-19(15,16(22)23)17(18,3)4/h8-9H,6-7H2,1-5H3,(H,22,23)/t18-,19-/m1/s1. The van der Waals surface area contributed by atoms with E-state index in [9.17, 15) is 9.90 Å². The van der Waals surface area contributed by atoms with E-state index in [1.165, 1.54) is 5.56 Å². The summed E-state index contributed by atoms with van der Waals surface area (Å²) in [7, 11) is 0. The fourth-order valence-corrected chi connectivity index (χ4v) is 4.83. The molecule has 120 valence electrons. The monoisotopic (exact) mass is 310 g/mol. The first-order valence-electron chi connectivity index (χ1n) is 8.18. The largest absolute Gasteiger partial charge is 0.481 e. The Labute approximate surface area is 136 Å². The highest BCUT2D eigenvalue weighted by molar-refractivity contribution is 5.88. The van der Waals surface area contributed by atoms with E-state index < -0.39 is 16.8 Å². The van der Waals surface area contributed by atoms with Crippen molar-refractivity contribution in [3.05, 3.63) is 34.6 Å². The molecule has 0 radical (unpaired) electrons. The maximum Gasteiger partial charge on any atom is 0.316 e. The van der Waals surface area contributed by atoms with Gasteiger partial charge in [0.25, 0.3) is 0 Å². The molecule has 0 spiro atoms. The lowest BCUT2D eigenvalue weighted by Crippen LogP contribution is -2.45. The Balaban J connectivity index is 2.13. The van der Waals surface area contributed by atoms with E-state index in [-0.39, 0.29) is 5.41 Å². The van der Waals surface area contributed by atoms with Crippen molar-refractivity contribution in [2.24, 2.45) is 5.41 Å². The molecule has 1 saturated carbocycles. The van der Waals surface area contributed by atoms with Crippen molar-refractivity contribution < 1.29 is 9.90 Å². The van der Waals surface area contributed by atoms with Crippen LogP contribution in [0, 0.1) is 19.3 Å². The number of carbonyl (C=O) groups is 1. The molecular weight excluding hydrogens is 288 g/mol. The summed E-state index contributed by atoms with van der Waals surface area (Å²) in [6.07, 6.45) is 1.49. The van der Waals surface area contributed by atoms with Gasteiger partial charge in [-0.2, -0.15) is 0 Å². The van der Waals surface area contributed by atoms with E-state index in [4.69, 9.17) is 9.97 Å². The quantitative estimate of drug-likeness (QED) is 0.873. The Hall–Kier alpha value is -1.97. The van der Waals surface area contributed by atoms with Crippen molar-refractivity contribution in [2.75, 3.05) is 0 Å². The summed E-state index contributed by atoms with van der Waals surface area (Å²) in [5.41, 5.74) is 4.06. The molecule has 1 aromatic heterocycles. The minimum absolute atomic E-state index is 0.235. The van der Waals surface area contributed by atoms with Gasteiger partial charge >= 0.3 is 5.97 Å². The van der Waals surface area contributed by atoms with Gasteiger partial charge in [-0.1, -0.05) is 20.8 Å². The average Bonchev–Trinajstić information content (AvgIpc) is 2.75. The summed E-state index contributed by atoms with van der Waals surface area (Å²) in [5, 5.41) is 10.1. The molecule has 0 aliphatic heterocycles. The van der Waals surface area contributed by atoms with Crippen LogP contribution in [0.15, 0.2) is 12.1 Å². The van der Waals surface area contributed by atoms with Gasteiger partial charge in [-0.25, -0.2) is 9.97 Å². The number of hydrogen-bond donors (Lipinski definition) is 1. The van der Waals surface area contributed by atoms with Gasteiger partial charge in [0, 0.05) is 5.41 Å². The summed E-state index contributed by atoms with van der Waals surface area (Å²) >= 11 is 0. The minimum Gasteiger partial charge on any atom is -0.481 e. The Morgan fingerprint density at radius 2 is 1.52 bits per heavy atom. The fourth-order valence-electron chi connectivity index (χ4n) is 4.83. The predicted molar refractivity (Wildman–Crippen MR) is 88.7 cm³/mol. The molecule has 2 bridgehead atoms. The van der Waals surface area contributed by atoms with Gasteiger partial charge < -0.3 is 5.11 Å². The van der Waals surface area contributed by atoms with Crippen LogP contribution in [-0.4, -0.2) is 21.0 Å². The maximum absolute atomic E-state index is 12.3. The van der Waals surface area contributed by atoms with Crippen molar-refractivity contribution in [2.45, 2.75) is 58.3 Å². The zero-order chi connectivity index (χ0) is 16.8. The molecule has 0 amide bonds. The number of fused-ring (bicyclic) bond motifs is 6. The predicted octanol–water partition coefficient (Wildman–Crippen LogP) is 3.66. The second-order valence-corrected chi connectivity index (χ2v) is 8.01. The molecule has 1 heterocycles. The Morgan fingerprint density at radius 3 is 2.04 bits per heavy atom. The normalized spacial score (nSPS) is 30.7. The van der Waals surface area contributed by atoms with Crippen LogP contribution >= 0.6 is 0 Å². The number of aromatic nitrogens is 2. The highest BCUT2D eigenvalue weighted by Crippen LogP contribution is 2.70. The van der Waals surface area contributed by atoms with Crippen molar-refractivity contribution in [3.63, 3.8) is 0 Å². The van der Waals surface area contributed by atoms with E-state index in [1.54, 1.807) is 0 Å². The van der Waals surface area contributed by atoms with Crippen LogP contribution in [0.4, 0.5) is 0 Å². The van der Waals surface area contributed by atoms with Gasteiger partial charge in [-0.05, 0) is 55.4 Å². The summed E-state index contributed by atoms with van der Waals surface area (Å²) in [6.45, 7) is 10.4. The summed E-state index contributed by atoms with van der Waals surface area (Å²) in [4.78, 5) is 22.0. The molecule has 2 aromatic rings. The first-order chi connectivity index (χ1) is 10.6. The van der Waals surface area contributed by atoms with E-state index in [0.717, 1.165) is 28.7 Å². The molecule has 23 heavy (non-hydrogen) atoms. The molecule has 0 saturated heterocycles. The molecule has 1 aromatic carbocycles. The van der Waals surface area contributed by atoms with Gasteiger partial charge in [-0.3, -0.25) is 4.79 Å². The lowest BCUT2D eigenvalue weighted by Gasteiger charge is -2.37. The topological polar surface area (TPSA) is 63.1 Å². The van der Waals surface area contributed by atoms with Crippen molar-refractivity contribution >= 4 is 17.0 Å². The Bertz CT molecular complexity index is 887. The summed E-state index contributed by atoms with van der Waals surface area (Å²) in [6, 6.07) is 4.09. The van der Waals surface area contributed by atoms with Crippen molar-refractivity contribution in [1.82, 2.24) is 9.97 Å². The number of carboxylic acids is 1. The van der Waals surface area contributed by atoms with Gasteiger partial charge in [0.1, 0.15) is 5.41 Å². The molecule has 1 N–H and O–H groups in total. The highest BCUT2D eigenvalue weighted by Gasteiger charge is 2.73. The van der Waals surface area contributed by atoms with Gasteiger partial charge in [0.2, 0.25) is 0 Å². The highest BCUT2D eigenvalue weighted by atomic mass is 16.4. The van der Waals surface area contributed by atoms with Gasteiger partial charge in [-0.15, -0.1) is 0 Å². The second kappa shape index (κ2) is 3.92. The molecular formula is C19H22N2O2. The second-order valence-electron chi connectivity index (χ2n) is 8.01. The van der Waals surface area contributed by atoms with Crippen LogP contribution in [0.2, 0.25) is 0 Å². The molecule has 4 heteroatoms. The third-order valence-electron chi connectivity index (χ3n) is 7.02. The van der Waals surface area contributed by atoms with Crippen LogP contribution < -0.4 is 0 Å². The Morgan fingerprint density at radius 1 is 1.00 bits per heavy atom. The number of aryl methyl sites for hydroxylation is 2. The lowest BCUT2D eigenvalue weighted by molar-refractivity contribution is -0.148. The SMILES string of the molecule is Cc1cc2nc3c(nc2cc1C)[C@@]1(C)CC[C@@]3(C(=O)O)C1(C)C. The first kappa shape index (κ1) is 14.6. The zero-order valence-electron chi connectivity index (χ0n) is 14.3. The van der Waals surface area contributed by atoms with Crippen LogP contribution in [-0.2, 0) is 15.6 Å². The van der Waals surface area contributed by atoms with E-state index in [1.807, 2.05) is 13.0 Å². The molecule has 1 fully saturated rings. The van der Waals surface area contributed by atoms with Crippen molar-refractivity contribution in [1.29, 1.82) is 0 Å². The lowest BCUT2D eigenvalue weighted by atomic mass is 9.64. The Kier molecular flexibility index (Phi) is 2.49. The molecule has 2 aliphatic rings. The van der Waals surface area contributed by atoms with E-state index >= 15 is 0 Å².